The van der Waals surface area contributed by atoms with E-state index in [1.54, 1.807) is 44.2 Å². The van der Waals surface area contributed by atoms with Gasteiger partial charge in [-0.15, -0.1) is 0 Å². The van der Waals surface area contributed by atoms with Gasteiger partial charge in [0.25, 0.3) is 16.0 Å². The summed E-state index contributed by atoms with van der Waals surface area (Å²) in [5.74, 6) is -0.0189. The Bertz CT molecular complexity index is 1220. The van der Waals surface area contributed by atoms with Crippen LogP contribution in [0.3, 0.4) is 0 Å². The zero-order chi connectivity index (χ0) is 23.2. The summed E-state index contributed by atoms with van der Waals surface area (Å²) < 4.78 is 35.0. The van der Waals surface area contributed by atoms with Crippen molar-refractivity contribution < 1.29 is 26.9 Å². The van der Waals surface area contributed by atoms with Crippen molar-refractivity contribution in [3.8, 4) is 5.75 Å². The lowest BCUT2D eigenvalue weighted by Crippen LogP contribution is -2.36. The Hall–Kier alpha value is -3.02. The fourth-order valence-electron chi connectivity index (χ4n) is 4.15. The Kier molecular flexibility index (Phi) is 5.65. The minimum atomic E-state index is -3.81. The van der Waals surface area contributed by atoms with Crippen LogP contribution in [0.1, 0.15) is 34.2 Å². The highest BCUT2D eigenvalue weighted by molar-refractivity contribution is 7.86. The summed E-state index contributed by atoms with van der Waals surface area (Å²) in [6.45, 7) is 3.48. The molecule has 32 heavy (non-hydrogen) atoms. The molecule has 2 aliphatic heterocycles. The molecule has 0 N–H and O–H groups in total. The van der Waals surface area contributed by atoms with E-state index in [-0.39, 0.29) is 23.6 Å². The first-order valence-electron chi connectivity index (χ1n) is 9.99. The number of ether oxygens (including phenoxy) is 1. The third-order valence-electron chi connectivity index (χ3n) is 5.46. The number of fused-ring (bicyclic) bond motifs is 1. The van der Waals surface area contributed by atoms with E-state index in [0.717, 1.165) is 11.8 Å². The Morgan fingerprint density at radius 1 is 1.22 bits per heavy atom. The molecule has 1 aromatic heterocycles. The molecule has 1 aromatic carbocycles. The first-order valence-corrected chi connectivity index (χ1v) is 11.8. The van der Waals surface area contributed by atoms with Gasteiger partial charge in [-0.1, -0.05) is 12.1 Å². The van der Waals surface area contributed by atoms with Crippen LogP contribution in [-0.2, 0) is 19.1 Å². The molecule has 1 fully saturated rings. The number of aromatic nitrogens is 2. The van der Waals surface area contributed by atoms with Gasteiger partial charge in [0.05, 0.1) is 36.4 Å². The van der Waals surface area contributed by atoms with Crippen molar-refractivity contribution in [1.29, 1.82) is 0 Å². The number of hydrazine groups is 1. The summed E-state index contributed by atoms with van der Waals surface area (Å²) in [4.78, 5) is 26.4. The third kappa shape index (κ3) is 3.94. The van der Waals surface area contributed by atoms with E-state index < -0.39 is 28.7 Å². The van der Waals surface area contributed by atoms with Crippen LogP contribution in [0, 0.1) is 13.8 Å². The second kappa shape index (κ2) is 8.15. The van der Waals surface area contributed by atoms with Gasteiger partial charge in [-0.2, -0.15) is 13.5 Å². The van der Waals surface area contributed by atoms with Gasteiger partial charge in [0.15, 0.2) is 0 Å². The standard InChI is InChI=1S/C21H24N4O6S/c1-13-11-14(2)24(22-13)21(27)19-17(12-31-32(4,28)29)25-18(26)9-10-23(25)20(19)15-5-7-16(30-3)8-6-15/h5-8,11,20H,9-10,12H2,1-4H3/t20-/m1/s1. The molecular formula is C21H24N4O6S. The fourth-order valence-corrected chi connectivity index (χ4v) is 4.47. The number of hydrogen-bond acceptors (Lipinski definition) is 8. The fraction of sp³-hybridized carbons (Fsp3) is 0.381. The van der Waals surface area contributed by atoms with Crippen molar-refractivity contribution in [2.24, 2.45) is 0 Å². The molecule has 170 valence electrons. The number of amides is 1. The normalized spacial score (nSPS) is 19.1. The zero-order valence-corrected chi connectivity index (χ0v) is 19.0. The highest BCUT2D eigenvalue weighted by Crippen LogP contribution is 2.44. The van der Waals surface area contributed by atoms with Crippen LogP contribution in [0.5, 0.6) is 5.75 Å². The number of hydrogen-bond donors (Lipinski definition) is 0. The van der Waals surface area contributed by atoms with Gasteiger partial charge < -0.3 is 4.74 Å². The van der Waals surface area contributed by atoms with Crippen LogP contribution in [0.15, 0.2) is 41.6 Å². The van der Waals surface area contributed by atoms with Crippen LogP contribution in [0.4, 0.5) is 0 Å². The minimum Gasteiger partial charge on any atom is -0.497 e. The monoisotopic (exact) mass is 460 g/mol. The van der Waals surface area contributed by atoms with Gasteiger partial charge in [-0.05, 0) is 37.6 Å². The van der Waals surface area contributed by atoms with Crippen molar-refractivity contribution >= 4 is 21.9 Å². The predicted molar refractivity (Wildman–Crippen MR) is 114 cm³/mol. The first kappa shape index (κ1) is 22.2. The second-order valence-electron chi connectivity index (χ2n) is 7.77. The van der Waals surface area contributed by atoms with E-state index in [9.17, 15) is 18.0 Å². The molecule has 2 aromatic rings. The predicted octanol–water partition coefficient (Wildman–Crippen LogP) is 1.58. The molecule has 2 aliphatic rings. The first-order chi connectivity index (χ1) is 15.1. The summed E-state index contributed by atoms with van der Waals surface area (Å²) >= 11 is 0. The number of benzene rings is 1. The number of nitrogens with zero attached hydrogens (tertiary/aromatic N) is 4. The quantitative estimate of drug-likeness (QED) is 0.598. The lowest BCUT2D eigenvalue weighted by Gasteiger charge is -2.27. The molecule has 3 heterocycles. The molecule has 11 heteroatoms. The maximum Gasteiger partial charge on any atom is 0.278 e. The second-order valence-corrected chi connectivity index (χ2v) is 9.41. The molecule has 0 bridgehead atoms. The molecule has 1 saturated heterocycles. The average Bonchev–Trinajstić information content (AvgIpc) is 3.38. The van der Waals surface area contributed by atoms with Crippen molar-refractivity contribution in [1.82, 2.24) is 19.8 Å². The largest absolute Gasteiger partial charge is 0.497 e. The number of carbonyl (C=O) groups is 2. The van der Waals surface area contributed by atoms with E-state index in [1.165, 1.54) is 9.69 Å². The van der Waals surface area contributed by atoms with Crippen LogP contribution in [-0.4, -0.2) is 66.5 Å². The smallest absolute Gasteiger partial charge is 0.278 e. The number of aryl methyl sites for hydroxylation is 2. The van der Waals surface area contributed by atoms with E-state index >= 15 is 0 Å². The maximum absolute atomic E-state index is 13.7. The maximum atomic E-state index is 13.7. The molecule has 1 amide bonds. The van der Waals surface area contributed by atoms with Gasteiger partial charge in [-0.3, -0.25) is 13.8 Å². The van der Waals surface area contributed by atoms with Gasteiger partial charge in [0.1, 0.15) is 12.4 Å². The lowest BCUT2D eigenvalue weighted by atomic mass is 9.96. The van der Waals surface area contributed by atoms with Crippen LogP contribution >= 0.6 is 0 Å². The van der Waals surface area contributed by atoms with Gasteiger partial charge in [0, 0.05) is 18.7 Å². The topological polar surface area (TPSA) is 111 Å². The van der Waals surface area contributed by atoms with E-state index in [4.69, 9.17) is 8.92 Å². The highest BCUT2D eigenvalue weighted by atomic mass is 32.2. The van der Waals surface area contributed by atoms with Gasteiger partial charge in [-0.25, -0.2) is 14.7 Å². The number of methoxy groups -OCH3 is 1. The van der Waals surface area contributed by atoms with Crippen molar-refractivity contribution in [2.75, 3.05) is 26.5 Å². The molecule has 0 unspecified atom stereocenters. The van der Waals surface area contributed by atoms with E-state index in [2.05, 4.69) is 5.10 Å². The SMILES string of the molecule is COc1ccc([C@@H]2C(C(=O)n3nc(C)cc3C)=C(COS(C)(=O)=O)N3C(=O)CCN23)cc1. The van der Waals surface area contributed by atoms with Gasteiger partial charge in [0.2, 0.25) is 5.91 Å². The van der Waals surface area contributed by atoms with Gasteiger partial charge >= 0.3 is 0 Å². The van der Waals surface area contributed by atoms with Crippen molar-refractivity contribution in [3.05, 3.63) is 58.6 Å². The van der Waals surface area contributed by atoms with Crippen molar-refractivity contribution in [2.45, 2.75) is 26.3 Å². The summed E-state index contributed by atoms with van der Waals surface area (Å²) in [5, 5.41) is 7.44. The van der Waals surface area contributed by atoms with E-state index in [0.29, 0.717) is 23.7 Å². The highest BCUT2D eigenvalue weighted by Gasteiger charge is 2.49. The molecule has 4 rings (SSSR count). The molecule has 10 nitrogen and oxygen atoms in total. The summed E-state index contributed by atoms with van der Waals surface area (Å²) in [5.41, 5.74) is 2.51. The lowest BCUT2D eigenvalue weighted by molar-refractivity contribution is -0.134. The molecule has 0 aliphatic carbocycles. The Labute approximate surface area is 186 Å². The molecular weight excluding hydrogens is 436 g/mol. The van der Waals surface area contributed by atoms with Crippen molar-refractivity contribution in [3.63, 3.8) is 0 Å². The minimum absolute atomic E-state index is 0.205. The Morgan fingerprint density at radius 3 is 2.47 bits per heavy atom. The van der Waals surface area contributed by atoms with E-state index in [1.807, 2.05) is 12.1 Å². The Balaban J connectivity index is 1.89. The molecule has 1 atom stereocenters. The average molecular weight is 461 g/mol. The zero-order valence-electron chi connectivity index (χ0n) is 18.2. The number of rotatable bonds is 6. The summed E-state index contributed by atoms with van der Waals surface area (Å²) in [6, 6.07) is 8.34. The van der Waals surface area contributed by atoms with Crippen LogP contribution < -0.4 is 4.74 Å². The summed E-state index contributed by atoms with van der Waals surface area (Å²) in [6.07, 6.45) is 1.17. The summed E-state index contributed by atoms with van der Waals surface area (Å²) in [7, 11) is -2.25. The molecule has 0 spiro atoms. The third-order valence-corrected chi connectivity index (χ3v) is 6.01. The molecule has 0 saturated carbocycles. The number of carbonyl (C=O) groups excluding carboxylic acids is 2. The Morgan fingerprint density at radius 2 is 1.91 bits per heavy atom. The molecule has 0 radical (unpaired) electrons. The van der Waals surface area contributed by atoms with Crippen LogP contribution in [0.25, 0.3) is 0 Å². The van der Waals surface area contributed by atoms with Crippen LogP contribution in [0.2, 0.25) is 0 Å².